The molecule has 2 atom stereocenters. The second-order valence-corrected chi connectivity index (χ2v) is 6.93. The van der Waals surface area contributed by atoms with Crippen molar-refractivity contribution in [3.05, 3.63) is 35.4 Å². The molecule has 2 aliphatic carbocycles. The van der Waals surface area contributed by atoms with Crippen molar-refractivity contribution in [2.45, 2.75) is 51.2 Å². The minimum atomic E-state index is -0.981. The van der Waals surface area contributed by atoms with Gasteiger partial charge in [-0.25, -0.2) is 4.79 Å². The highest BCUT2D eigenvalue weighted by Crippen LogP contribution is 2.56. The van der Waals surface area contributed by atoms with E-state index >= 15 is 0 Å². The molecular formula is C19H25NO4. The van der Waals surface area contributed by atoms with E-state index in [1.54, 1.807) is 12.1 Å². The van der Waals surface area contributed by atoms with Crippen LogP contribution in [-0.4, -0.2) is 47.7 Å². The van der Waals surface area contributed by atoms with E-state index in [9.17, 15) is 9.59 Å². The first-order chi connectivity index (χ1) is 11.5. The molecule has 1 N–H and O–H groups in total. The maximum absolute atomic E-state index is 12.8. The van der Waals surface area contributed by atoms with Crippen LogP contribution >= 0.6 is 0 Å². The van der Waals surface area contributed by atoms with Crippen LogP contribution in [0, 0.1) is 5.41 Å². The third kappa shape index (κ3) is 2.71. The van der Waals surface area contributed by atoms with E-state index in [0.717, 1.165) is 19.3 Å². The van der Waals surface area contributed by atoms with Crippen molar-refractivity contribution in [1.82, 2.24) is 4.90 Å². The molecule has 1 aromatic carbocycles. The Morgan fingerprint density at radius 1 is 1.21 bits per heavy atom. The molecule has 3 rings (SSSR count). The SMILES string of the molecule is CCOC1CC(N(C)C(=O)c2ccc(C(=O)O)cc2)C12CCCC2. The van der Waals surface area contributed by atoms with Gasteiger partial charge in [-0.15, -0.1) is 0 Å². The molecule has 2 unspecified atom stereocenters. The van der Waals surface area contributed by atoms with Gasteiger partial charge >= 0.3 is 5.97 Å². The van der Waals surface area contributed by atoms with Gasteiger partial charge in [0.05, 0.1) is 11.7 Å². The highest BCUT2D eigenvalue weighted by molar-refractivity contribution is 5.96. The number of amides is 1. The summed E-state index contributed by atoms with van der Waals surface area (Å²) in [5.41, 5.74) is 0.846. The second kappa shape index (κ2) is 6.55. The molecule has 0 radical (unpaired) electrons. The van der Waals surface area contributed by atoms with Gasteiger partial charge in [-0.1, -0.05) is 12.8 Å². The van der Waals surface area contributed by atoms with Crippen LogP contribution in [0.3, 0.4) is 0 Å². The highest BCUT2D eigenvalue weighted by Gasteiger charge is 2.58. The van der Waals surface area contributed by atoms with E-state index in [-0.39, 0.29) is 29.0 Å². The Morgan fingerprint density at radius 2 is 1.79 bits per heavy atom. The van der Waals surface area contributed by atoms with Crippen molar-refractivity contribution in [1.29, 1.82) is 0 Å². The molecule has 2 fully saturated rings. The number of carboxylic acid groups (broad SMARTS) is 1. The summed E-state index contributed by atoms with van der Waals surface area (Å²) < 4.78 is 5.92. The van der Waals surface area contributed by atoms with Gasteiger partial charge in [-0.2, -0.15) is 0 Å². The van der Waals surface area contributed by atoms with E-state index in [1.165, 1.54) is 25.0 Å². The van der Waals surface area contributed by atoms with Crippen molar-refractivity contribution in [3.8, 4) is 0 Å². The average molecular weight is 331 g/mol. The topological polar surface area (TPSA) is 66.8 Å². The van der Waals surface area contributed by atoms with E-state index < -0.39 is 5.97 Å². The van der Waals surface area contributed by atoms with E-state index in [4.69, 9.17) is 9.84 Å². The molecule has 5 heteroatoms. The van der Waals surface area contributed by atoms with Gasteiger partial charge in [0.2, 0.25) is 0 Å². The molecule has 1 amide bonds. The summed E-state index contributed by atoms with van der Waals surface area (Å²) in [6.07, 6.45) is 5.81. The number of nitrogens with zero attached hydrogens (tertiary/aromatic N) is 1. The number of benzene rings is 1. The van der Waals surface area contributed by atoms with E-state index in [0.29, 0.717) is 12.2 Å². The summed E-state index contributed by atoms with van der Waals surface area (Å²) in [6.45, 7) is 2.74. The molecule has 2 aliphatic rings. The van der Waals surface area contributed by atoms with Crippen LogP contribution in [0.4, 0.5) is 0 Å². The highest BCUT2D eigenvalue weighted by atomic mass is 16.5. The van der Waals surface area contributed by atoms with Crippen LogP contribution in [0.25, 0.3) is 0 Å². The maximum atomic E-state index is 12.8. The van der Waals surface area contributed by atoms with Crippen LogP contribution in [0.2, 0.25) is 0 Å². The quantitative estimate of drug-likeness (QED) is 0.900. The van der Waals surface area contributed by atoms with Crippen LogP contribution in [-0.2, 0) is 4.74 Å². The average Bonchev–Trinajstić information content (AvgIpc) is 3.10. The van der Waals surface area contributed by atoms with Gasteiger partial charge < -0.3 is 14.7 Å². The molecule has 0 saturated heterocycles. The van der Waals surface area contributed by atoms with Gasteiger partial charge in [0.25, 0.3) is 5.91 Å². The molecule has 0 aromatic heterocycles. The molecule has 1 aromatic rings. The number of rotatable bonds is 5. The predicted molar refractivity (Wildman–Crippen MR) is 90.2 cm³/mol. The molecule has 130 valence electrons. The largest absolute Gasteiger partial charge is 0.478 e. The van der Waals surface area contributed by atoms with Gasteiger partial charge in [0.1, 0.15) is 0 Å². The Balaban J connectivity index is 1.75. The first-order valence-corrected chi connectivity index (χ1v) is 8.71. The standard InChI is InChI=1S/C19H25NO4/c1-3-24-16-12-15(19(16)10-4-5-11-19)20(2)17(21)13-6-8-14(9-7-13)18(22)23/h6-9,15-16H,3-5,10-12H2,1-2H3,(H,22,23). The Kier molecular flexibility index (Phi) is 4.63. The molecule has 0 heterocycles. The Labute approximate surface area is 142 Å². The molecular weight excluding hydrogens is 306 g/mol. The first-order valence-electron chi connectivity index (χ1n) is 8.71. The zero-order valence-corrected chi connectivity index (χ0v) is 14.3. The third-order valence-electron chi connectivity index (χ3n) is 5.81. The lowest BCUT2D eigenvalue weighted by Crippen LogP contribution is -2.64. The number of hydrogen-bond acceptors (Lipinski definition) is 3. The lowest BCUT2D eigenvalue weighted by molar-refractivity contribution is -0.152. The van der Waals surface area contributed by atoms with Gasteiger partial charge in [-0.3, -0.25) is 4.79 Å². The van der Waals surface area contributed by atoms with Crippen molar-refractivity contribution >= 4 is 11.9 Å². The molecule has 24 heavy (non-hydrogen) atoms. The smallest absolute Gasteiger partial charge is 0.335 e. The second-order valence-electron chi connectivity index (χ2n) is 6.93. The summed E-state index contributed by atoms with van der Waals surface area (Å²) in [4.78, 5) is 25.6. The van der Waals surface area contributed by atoms with Gasteiger partial charge in [0, 0.05) is 30.7 Å². The van der Waals surface area contributed by atoms with Gasteiger partial charge in [0.15, 0.2) is 0 Å². The Bertz CT molecular complexity index is 619. The minimum absolute atomic E-state index is 0.0434. The van der Waals surface area contributed by atoms with E-state index in [1.807, 2.05) is 18.9 Å². The molecule has 2 saturated carbocycles. The first kappa shape index (κ1) is 17.0. The fourth-order valence-corrected chi connectivity index (χ4v) is 4.49. The van der Waals surface area contributed by atoms with Crippen LogP contribution in [0.5, 0.6) is 0 Å². The molecule has 0 aliphatic heterocycles. The monoisotopic (exact) mass is 331 g/mol. The fraction of sp³-hybridized carbons (Fsp3) is 0.579. The van der Waals surface area contributed by atoms with Crippen LogP contribution < -0.4 is 0 Å². The molecule has 0 bridgehead atoms. The Morgan fingerprint density at radius 3 is 2.33 bits per heavy atom. The molecule has 5 nitrogen and oxygen atoms in total. The molecule has 1 spiro atoms. The minimum Gasteiger partial charge on any atom is -0.478 e. The lowest BCUT2D eigenvalue weighted by Gasteiger charge is -2.57. The predicted octanol–water partition coefficient (Wildman–Crippen LogP) is 3.19. The lowest BCUT2D eigenvalue weighted by atomic mass is 9.60. The third-order valence-corrected chi connectivity index (χ3v) is 5.81. The Hall–Kier alpha value is -1.88. The summed E-state index contributed by atoms with van der Waals surface area (Å²) in [5.74, 6) is -1.02. The summed E-state index contributed by atoms with van der Waals surface area (Å²) in [7, 11) is 1.86. The van der Waals surface area contributed by atoms with Gasteiger partial charge in [-0.05, 0) is 50.5 Å². The maximum Gasteiger partial charge on any atom is 0.335 e. The number of carbonyl (C=O) groups excluding carboxylic acids is 1. The zero-order valence-electron chi connectivity index (χ0n) is 14.3. The summed E-state index contributed by atoms with van der Waals surface area (Å²) in [5, 5.41) is 8.97. The van der Waals surface area contributed by atoms with Crippen molar-refractivity contribution in [2.75, 3.05) is 13.7 Å². The number of carboxylic acids is 1. The van der Waals surface area contributed by atoms with Crippen molar-refractivity contribution < 1.29 is 19.4 Å². The van der Waals surface area contributed by atoms with Crippen LogP contribution in [0.1, 0.15) is 59.7 Å². The number of carbonyl (C=O) groups is 2. The van der Waals surface area contributed by atoms with E-state index in [2.05, 4.69) is 0 Å². The summed E-state index contributed by atoms with van der Waals surface area (Å²) in [6, 6.07) is 6.38. The summed E-state index contributed by atoms with van der Waals surface area (Å²) >= 11 is 0. The number of hydrogen-bond donors (Lipinski definition) is 1. The number of aromatic carboxylic acids is 1. The van der Waals surface area contributed by atoms with Crippen molar-refractivity contribution in [3.63, 3.8) is 0 Å². The fourth-order valence-electron chi connectivity index (χ4n) is 4.49. The van der Waals surface area contributed by atoms with Crippen molar-refractivity contribution in [2.24, 2.45) is 5.41 Å². The van der Waals surface area contributed by atoms with Crippen LogP contribution in [0.15, 0.2) is 24.3 Å². The number of ether oxygens (including phenoxy) is 1. The zero-order chi connectivity index (χ0) is 17.3. The normalized spacial score (nSPS) is 24.6.